The van der Waals surface area contributed by atoms with Crippen molar-refractivity contribution in [2.45, 2.75) is 51.0 Å². The number of esters is 1. The molecule has 86 valence electrons. The summed E-state index contributed by atoms with van der Waals surface area (Å²) in [5.41, 5.74) is 5.92. The third kappa shape index (κ3) is 3.20. The Morgan fingerprint density at radius 2 is 1.87 bits per heavy atom. The van der Waals surface area contributed by atoms with Gasteiger partial charge in [0, 0.05) is 0 Å². The Balaban J connectivity index is 1.71. The van der Waals surface area contributed by atoms with Crippen LogP contribution in [0.4, 0.5) is 0 Å². The highest BCUT2D eigenvalue weighted by molar-refractivity contribution is 5.75. The van der Waals surface area contributed by atoms with Crippen LogP contribution in [0.1, 0.15) is 44.9 Å². The largest absolute Gasteiger partial charge is 0.464 e. The molecule has 0 aliphatic heterocycles. The van der Waals surface area contributed by atoms with Gasteiger partial charge in [-0.2, -0.15) is 0 Å². The fraction of sp³-hybridized carbons (Fsp3) is 0.917. The van der Waals surface area contributed by atoms with E-state index in [1.807, 2.05) is 0 Å². The lowest BCUT2D eigenvalue weighted by molar-refractivity contribution is -0.147. The minimum Gasteiger partial charge on any atom is -0.464 e. The van der Waals surface area contributed by atoms with E-state index in [1.165, 1.54) is 32.1 Å². The van der Waals surface area contributed by atoms with Crippen molar-refractivity contribution < 1.29 is 9.53 Å². The van der Waals surface area contributed by atoms with Crippen LogP contribution in [0.2, 0.25) is 0 Å². The smallest absolute Gasteiger partial charge is 0.323 e. The van der Waals surface area contributed by atoms with Gasteiger partial charge in [0.2, 0.25) is 0 Å². The van der Waals surface area contributed by atoms with Crippen LogP contribution in [0.15, 0.2) is 0 Å². The molecule has 0 aromatic heterocycles. The average Bonchev–Trinajstić information content (AvgIpc) is 3.10. The van der Waals surface area contributed by atoms with Crippen LogP contribution < -0.4 is 5.73 Å². The fourth-order valence-corrected chi connectivity index (χ4v) is 2.27. The summed E-state index contributed by atoms with van der Waals surface area (Å²) < 4.78 is 5.22. The van der Waals surface area contributed by atoms with Gasteiger partial charge in [0.15, 0.2) is 0 Å². The molecule has 2 saturated carbocycles. The van der Waals surface area contributed by atoms with Gasteiger partial charge in [-0.25, -0.2) is 0 Å². The topological polar surface area (TPSA) is 52.3 Å². The number of nitrogens with two attached hydrogens (primary N) is 1. The lowest BCUT2D eigenvalue weighted by Crippen LogP contribution is -2.40. The summed E-state index contributed by atoms with van der Waals surface area (Å²) in [5, 5.41) is 0. The molecule has 0 spiro atoms. The molecule has 0 radical (unpaired) electrons. The Bertz CT molecular complexity index is 220. The van der Waals surface area contributed by atoms with Crippen LogP contribution in [-0.4, -0.2) is 18.6 Å². The lowest BCUT2D eigenvalue weighted by atomic mass is 9.84. The van der Waals surface area contributed by atoms with E-state index in [1.54, 1.807) is 0 Å². The van der Waals surface area contributed by atoms with Crippen LogP contribution in [0.5, 0.6) is 0 Å². The van der Waals surface area contributed by atoms with E-state index < -0.39 is 0 Å². The first-order chi connectivity index (χ1) is 7.27. The molecular weight excluding hydrogens is 190 g/mol. The van der Waals surface area contributed by atoms with Gasteiger partial charge in [0.1, 0.15) is 6.04 Å². The summed E-state index contributed by atoms with van der Waals surface area (Å²) in [4.78, 5) is 11.6. The number of hydrogen-bond donors (Lipinski definition) is 1. The van der Waals surface area contributed by atoms with Crippen LogP contribution in [0.3, 0.4) is 0 Å². The highest BCUT2D eigenvalue weighted by atomic mass is 16.5. The molecule has 0 heterocycles. The standard InChI is InChI=1S/C12H21NO2/c13-11(10-4-2-1-3-5-10)12(14)15-8-9-6-7-9/h9-11H,1-8,13H2/t11-/m0/s1. The van der Waals surface area contributed by atoms with Gasteiger partial charge in [-0.3, -0.25) is 4.79 Å². The Morgan fingerprint density at radius 3 is 2.47 bits per heavy atom. The van der Waals surface area contributed by atoms with Crippen LogP contribution in [0, 0.1) is 11.8 Å². The van der Waals surface area contributed by atoms with Crippen molar-refractivity contribution in [2.75, 3.05) is 6.61 Å². The van der Waals surface area contributed by atoms with Gasteiger partial charge >= 0.3 is 5.97 Å². The van der Waals surface area contributed by atoms with E-state index in [0.717, 1.165) is 12.8 Å². The predicted octanol–water partition coefficient (Wildman–Crippen LogP) is 1.85. The van der Waals surface area contributed by atoms with Crippen LogP contribution in [-0.2, 0) is 9.53 Å². The van der Waals surface area contributed by atoms with Gasteiger partial charge < -0.3 is 10.5 Å². The molecule has 2 aliphatic rings. The van der Waals surface area contributed by atoms with Crippen molar-refractivity contribution in [1.82, 2.24) is 0 Å². The molecule has 0 amide bonds. The number of rotatable bonds is 4. The Morgan fingerprint density at radius 1 is 1.20 bits per heavy atom. The zero-order valence-corrected chi connectivity index (χ0v) is 9.28. The molecule has 0 bridgehead atoms. The second-order valence-electron chi connectivity index (χ2n) is 5.00. The van der Waals surface area contributed by atoms with E-state index >= 15 is 0 Å². The second-order valence-corrected chi connectivity index (χ2v) is 5.00. The maximum Gasteiger partial charge on any atom is 0.323 e. The molecule has 3 nitrogen and oxygen atoms in total. The minimum atomic E-state index is -0.371. The molecule has 0 unspecified atom stereocenters. The van der Waals surface area contributed by atoms with Gasteiger partial charge in [-0.05, 0) is 37.5 Å². The predicted molar refractivity (Wildman–Crippen MR) is 58.2 cm³/mol. The third-order valence-corrected chi connectivity index (χ3v) is 3.59. The minimum absolute atomic E-state index is 0.172. The van der Waals surface area contributed by atoms with Gasteiger partial charge in [-0.15, -0.1) is 0 Å². The Hall–Kier alpha value is -0.570. The maximum absolute atomic E-state index is 11.6. The lowest BCUT2D eigenvalue weighted by Gasteiger charge is -2.25. The molecule has 2 rings (SSSR count). The van der Waals surface area contributed by atoms with Crippen molar-refractivity contribution in [3.05, 3.63) is 0 Å². The molecule has 15 heavy (non-hydrogen) atoms. The number of carbonyl (C=O) groups excluding carboxylic acids is 1. The molecule has 2 N–H and O–H groups in total. The molecule has 2 fully saturated rings. The Kier molecular flexibility index (Phi) is 3.62. The third-order valence-electron chi connectivity index (χ3n) is 3.59. The van der Waals surface area contributed by atoms with E-state index in [0.29, 0.717) is 18.4 Å². The van der Waals surface area contributed by atoms with Crippen molar-refractivity contribution in [3.8, 4) is 0 Å². The summed E-state index contributed by atoms with van der Waals surface area (Å²) in [5.74, 6) is 0.826. The molecule has 0 aromatic carbocycles. The van der Waals surface area contributed by atoms with E-state index in [2.05, 4.69) is 0 Å². The fourth-order valence-electron chi connectivity index (χ4n) is 2.27. The number of hydrogen-bond acceptors (Lipinski definition) is 3. The number of ether oxygens (including phenoxy) is 1. The van der Waals surface area contributed by atoms with E-state index in [4.69, 9.17) is 10.5 Å². The van der Waals surface area contributed by atoms with Crippen LogP contribution in [0.25, 0.3) is 0 Å². The molecule has 2 aliphatic carbocycles. The summed E-state index contributed by atoms with van der Waals surface area (Å²) in [6, 6.07) is -0.371. The van der Waals surface area contributed by atoms with Gasteiger partial charge in [0.05, 0.1) is 6.61 Å². The summed E-state index contributed by atoms with van der Waals surface area (Å²) in [7, 11) is 0. The first-order valence-corrected chi connectivity index (χ1v) is 6.19. The quantitative estimate of drug-likeness (QED) is 0.722. The monoisotopic (exact) mass is 211 g/mol. The normalized spacial score (nSPS) is 24.9. The molecular formula is C12H21NO2. The zero-order chi connectivity index (χ0) is 10.7. The highest BCUT2D eigenvalue weighted by Crippen LogP contribution is 2.30. The number of carbonyl (C=O) groups is 1. The van der Waals surface area contributed by atoms with Gasteiger partial charge in [-0.1, -0.05) is 19.3 Å². The summed E-state index contributed by atoms with van der Waals surface area (Å²) in [6.45, 7) is 0.596. The van der Waals surface area contributed by atoms with Crippen molar-refractivity contribution in [2.24, 2.45) is 17.6 Å². The maximum atomic E-state index is 11.6. The highest BCUT2D eigenvalue weighted by Gasteiger charge is 2.29. The van der Waals surface area contributed by atoms with Crippen molar-refractivity contribution in [1.29, 1.82) is 0 Å². The summed E-state index contributed by atoms with van der Waals surface area (Å²) >= 11 is 0. The zero-order valence-electron chi connectivity index (χ0n) is 9.28. The molecule has 0 saturated heterocycles. The van der Waals surface area contributed by atoms with Gasteiger partial charge in [0.25, 0.3) is 0 Å². The second kappa shape index (κ2) is 4.97. The molecule has 1 atom stereocenters. The Labute approximate surface area is 91.4 Å². The van der Waals surface area contributed by atoms with E-state index in [-0.39, 0.29) is 12.0 Å². The van der Waals surface area contributed by atoms with E-state index in [9.17, 15) is 4.79 Å². The summed E-state index contributed by atoms with van der Waals surface area (Å²) in [6.07, 6.45) is 8.35. The van der Waals surface area contributed by atoms with Crippen molar-refractivity contribution in [3.63, 3.8) is 0 Å². The van der Waals surface area contributed by atoms with Crippen LogP contribution >= 0.6 is 0 Å². The first kappa shape index (κ1) is 10.9. The first-order valence-electron chi connectivity index (χ1n) is 6.19. The molecule has 0 aromatic rings. The molecule has 3 heteroatoms. The average molecular weight is 211 g/mol. The SMILES string of the molecule is N[C@H](C(=O)OCC1CC1)C1CCCCC1. The van der Waals surface area contributed by atoms with Crippen molar-refractivity contribution >= 4 is 5.97 Å².